The predicted octanol–water partition coefficient (Wildman–Crippen LogP) is 3.21. The van der Waals surface area contributed by atoms with Crippen LogP contribution in [0.15, 0.2) is 18.7 Å². The molecule has 0 fully saturated rings. The van der Waals surface area contributed by atoms with Gasteiger partial charge in [0, 0.05) is 6.42 Å². The summed E-state index contributed by atoms with van der Waals surface area (Å²) in [4.78, 5) is 15.1. The lowest BCUT2D eigenvalue weighted by Crippen LogP contribution is -2.11. The van der Waals surface area contributed by atoms with Gasteiger partial charge in [-0.3, -0.25) is 4.79 Å². The van der Waals surface area contributed by atoms with Crippen LogP contribution in [0.3, 0.4) is 0 Å². The van der Waals surface area contributed by atoms with Crippen LogP contribution in [0.25, 0.3) is 0 Å². The van der Waals surface area contributed by atoms with Crippen molar-refractivity contribution < 1.29 is 4.79 Å². The Morgan fingerprint density at radius 1 is 1.67 bits per heavy atom. The third kappa shape index (κ3) is 3.22. The number of anilines is 1. The summed E-state index contributed by atoms with van der Waals surface area (Å²) in [5.41, 5.74) is 1.27. The van der Waals surface area contributed by atoms with Gasteiger partial charge in [0.1, 0.15) is 5.15 Å². The Kier molecular flexibility index (Phi) is 4.12. The zero-order valence-corrected chi connectivity index (χ0v) is 9.69. The maximum atomic E-state index is 11.3. The van der Waals surface area contributed by atoms with Gasteiger partial charge in [-0.2, -0.15) is 0 Å². The average Bonchev–Trinajstić information content (AvgIpc) is 2.11. The Labute approximate surface area is 98.1 Å². The molecule has 0 aliphatic heterocycles. The first-order valence-electron chi connectivity index (χ1n) is 4.28. The third-order valence-electron chi connectivity index (χ3n) is 1.74. The third-order valence-corrected chi connectivity index (χ3v) is 2.20. The summed E-state index contributed by atoms with van der Waals surface area (Å²) in [5.74, 6) is -0.181. The van der Waals surface area contributed by atoms with E-state index in [9.17, 15) is 4.79 Å². The number of aromatic nitrogens is 1. The molecule has 1 amide bonds. The molecule has 5 heteroatoms. The van der Waals surface area contributed by atoms with Crippen LogP contribution in [-0.2, 0) is 4.79 Å². The topological polar surface area (TPSA) is 42.0 Å². The molecule has 0 unspecified atom stereocenters. The summed E-state index contributed by atoms with van der Waals surface area (Å²) in [7, 11) is 0. The number of pyridine rings is 1. The molecule has 15 heavy (non-hydrogen) atoms. The van der Waals surface area contributed by atoms with Gasteiger partial charge in [-0.25, -0.2) is 4.98 Å². The smallest absolute Gasteiger partial charge is 0.228 e. The number of nitrogens with zero attached hydrogens (tertiary/aromatic N) is 1. The number of halogens is 2. The molecule has 0 aliphatic rings. The molecule has 0 aromatic carbocycles. The Hall–Kier alpha value is -1.06. The van der Waals surface area contributed by atoms with E-state index in [4.69, 9.17) is 23.2 Å². The van der Waals surface area contributed by atoms with Gasteiger partial charge in [0.05, 0.1) is 5.69 Å². The first kappa shape index (κ1) is 12.0. The molecule has 1 N–H and O–H groups in total. The van der Waals surface area contributed by atoms with Crippen molar-refractivity contribution in [3.8, 4) is 0 Å². The monoisotopic (exact) mass is 244 g/mol. The van der Waals surface area contributed by atoms with E-state index in [0.29, 0.717) is 10.8 Å². The normalized spacial score (nSPS) is 9.80. The van der Waals surface area contributed by atoms with E-state index in [-0.39, 0.29) is 17.5 Å². The lowest BCUT2D eigenvalue weighted by atomic mass is 10.2. The summed E-state index contributed by atoms with van der Waals surface area (Å²) in [6, 6.07) is 1.64. The summed E-state index contributed by atoms with van der Waals surface area (Å²) in [5, 5.41) is 3.14. The molecule has 0 spiro atoms. The van der Waals surface area contributed by atoms with Crippen molar-refractivity contribution in [1.29, 1.82) is 0 Å². The average molecular weight is 245 g/mol. The molecular weight excluding hydrogens is 235 g/mol. The second kappa shape index (κ2) is 5.14. The maximum absolute atomic E-state index is 11.3. The minimum Gasteiger partial charge on any atom is -0.323 e. The Bertz CT molecular complexity index is 381. The van der Waals surface area contributed by atoms with Crippen molar-refractivity contribution in [1.82, 2.24) is 4.98 Å². The molecule has 3 nitrogen and oxygen atoms in total. The number of nitrogens with one attached hydrogen (secondary N) is 1. The van der Waals surface area contributed by atoms with E-state index < -0.39 is 0 Å². The van der Waals surface area contributed by atoms with Gasteiger partial charge in [-0.15, -0.1) is 6.58 Å². The zero-order valence-electron chi connectivity index (χ0n) is 8.18. The number of rotatable bonds is 3. The van der Waals surface area contributed by atoms with Crippen molar-refractivity contribution in [3.63, 3.8) is 0 Å². The number of hydrogen-bond donors (Lipinski definition) is 1. The maximum Gasteiger partial charge on any atom is 0.228 e. The fourth-order valence-corrected chi connectivity index (χ4v) is 1.65. The van der Waals surface area contributed by atoms with Gasteiger partial charge >= 0.3 is 0 Å². The molecular formula is C10H10Cl2N2O. The lowest BCUT2D eigenvalue weighted by Gasteiger charge is -2.09. The number of aryl methyl sites for hydroxylation is 1. The fourth-order valence-electron chi connectivity index (χ4n) is 1.07. The Morgan fingerprint density at radius 3 is 2.87 bits per heavy atom. The molecule has 1 heterocycles. The van der Waals surface area contributed by atoms with Crippen molar-refractivity contribution in [3.05, 3.63) is 34.6 Å². The summed E-state index contributed by atoms with van der Waals surface area (Å²) in [6.45, 7) is 5.27. The van der Waals surface area contributed by atoms with Crippen LogP contribution >= 0.6 is 23.2 Å². The van der Waals surface area contributed by atoms with Crippen molar-refractivity contribution in [2.75, 3.05) is 5.32 Å². The molecule has 0 radical (unpaired) electrons. The number of amides is 1. The van der Waals surface area contributed by atoms with E-state index >= 15 is 0 Å². The minimum atomic E-state index is -0.181. The van der Waals surface area contributed by atoms with Gasteiger partial charge in [0.15, 0.2) is 5.15 Å². The van der Waals surface area contributed by atoms with E-state index in [0.717, 1.165) is 5.56 Å². The lowest BCUT2D eigenvalue weighted by molar-refractivity contribution is -0.115. The minimum absolute atomic E-state index is 0.181. The number of carbonyl (C=O) groups is 1. The summed E-state index contributed by atoms with van der Waals surface area (Å²) in [6.07, 6.45) is 1.75. The molecule has 1 rings (SSSR count). The van der Waals surface area contributed by atoms with Crippen molar-refractivity contribution in [2.24, 2.45) is 0 Å². The van der Waals surface area contributed by atoms with E-state index in [1.54, 1.807) is 13.0 Å². The highest BCUT2D eigenvalue weighted by molar-refractivity contribution is 6.34. The SMILES string of the molecule is C=CCC(=O)Nc1c(C)cc(Cl)nc1Cl. The summed E-state index contributed by atoms with van der Waals surface area (Å²) >= 11 is 11.5. The summed E-state index contributed by atoms with van der Waals surface area (Å²) < 4.78 is 0. The number of hydrogen-bond acceptors (Lipinski definition) is 2. The molecule has 0 saturated carbocycles. The molecule has 1 aromatic heterocycles. The van der Waals surface area contributed by atoms with Crippen LogP contribution < -0.4 is 5.32 Å². The Balaban J connectivity index is 2.94. The first-order chi connectivity index (χ1) is 7.04. The van der Waals surface area contributed by atoms with Gasteiger partial charge in [-0.1, -0.05) is 29.3 Å². The van der Waals surface area contributed by atoms with E-state index in [1.807, 2.05) is 0 Å². The van der Waals surface area contributed by atoms with Crippen LogP contribution in [0.1, 0.15) is 12.0 Å². The van der Waals surface area contributed by atoms with Gasteiger partial charge < -0.3 is 5.32 Å². The molecule has 0 aliphatic carbocycles. The first-order valence-corrected chi connectivity index (χ1v) is 5.03. The van der Waals surface area contributed by atoms with Crippen LogP contribution in [0.2, 0.25) is 10.3 Å². The Morgan fingerprint density at radius 2 is 2.33 bits per heavy atom. The zero-order chi connectivity index (χ0) is 11.4. The highest BCUT2D eigenvalue weighted by atomic mass is 35.5. The van der Waals surface area contributed by atoms with Gasteiger partial charge in [-0.05, 0) is 18.6 Å². The second-order valence-corrected chi connectivity index (χ2v) is 3.71. The number of carbonyl (C=O) groups excluding carboxylic acids is 1. The molecule has 0 saturated heterocycles. The molecule has 0 bridgehead atoms. The standard InChI is InChI=1S/C10H10Cl2N2O/c1-3-4-8(15)14-9-6(2)5-7(11)13-10(9)12/h3,5H,1,4H2,2H3,(H,14,15). The highest BCUT2D eigenvalue weighted by Crippen LogP contribution is 2.26. The van der Waals surface area contributed by atoms with Crippen molar-refractivity contribution in [2.45, 2.75) is 13.3 Å². The van der Waals surface area contributed by atoms with Gasteiger partial charge in [0.25, 0.3) is 0 Å². The van der Waals surface area contributed by atoms with Gasteiger partial charge in [0.2, 0.25) is 5.91 Å². The van der Waals surface area contributed by atoms with E-state index in [1.165, 1.54) is 6.08 Å². The van der Waals surface area contributed by atoms with Crippen LogP contribution in [0.5, 0.6) is 0 Å². The molecule has 80 valence electrons. The molecule has 1 aromatic rings. The van der Waals surface area contributed by atoms with Crippen molar-refractivity contribution >= 4 is 34.8 Å². The highest BCUT2D eigenvalue weighted by Gasteiger charge is 2.09. The van der Waals surface area contributed by atoms with Crippen LogP contribution in [0.4, 0.5) is 5.69 Å². The van der Waals surface area contributed by atoms with E-state index in [2.05, 4.69) is 16.9 Å². The second-order valence-electron chi connectivity index (χ2n) is 2.97. The molecule has 0 atom stereocenters. The predicted molar refractivity (Wildman–Crippen MR) is 62.4 cm³/mol. The quantitative estimate of drug-likeness (QED) is 0.656. The largest absolute Gasteiger partial charge is 0.323 e. The van der Waals surface area contributed by atoms with Crippen LogP contribution in [-0.4, -0.2) is 10.9 Å². The van der Waals surface area contributed by atoms with Crippen LogP contribution in [0, 0.1) is 6.92 Å². The fraction of sp³-hybridized carbons (Fsp3) is 0.200.